The highest BCUT2D eigenvalue weighted by atomic mass is 14.5. The maximum atomic E-state index is 8.82. The molecule has 3 rings (SSSR count). The molecule has 0 aliphatic heterocycles. The number of nitrogens with one attached hydrogen (secondary N) is 1. The molecule has 0 saturated heterocycles. The van der Waals surface area contributed by atoms with Crippen molar-refractivity contribution in [1.29, 1.82) is 5.41 Å². The zero-order valence-electron chi connectivity index (χ0n) is 25.2. The lowest BCUT2D eigenvalue weighted by molar-refractivity contribution is 0.0772. The number of benzene rings is 1. The highest BCUT2D eigenvalue weighted by Crippen LogP contribution is 2.52. The first-order valence-electron chi connectivity index (χ1n) is 15.8. The van der Waals surface area contributed by atoms with E-state index < -0.39 is 0 Å². The summed E-state index contributed by atoms with van der Waals surface area (Å²) in [6, 6.07) is 7.02. The molecule has 1 aromatic carbocycles. The summed E-state index contributed by atoms with van der Waals surface area (Å²) in [5, 5.41) is 8.82. The van der Waals surface area contributed by atoms with Crippen molar-refractivity contribution in [2.45, 2.75) is 138 Å². The van der Waals surface area contributed by atoms with Gasteiger partial charge in [0.1, 0.15) is 0 Å². The Morgan fingerprint density at radius 1 is 1.05 bits per heavy atom. The average molecular weight is 504 g/mol. The molecule has 1 heteroatoms. The standard InChI is InChI=1S/C36H57N/c1-7-13-30-23-33(35-16-11-10-14-28(35)6)26-36(25-30,19-8-2)20-12-15-34(37)24-29-17-18-32(21-27(4)5)31(9-3)22-29/h11,16-18,22,27,30,33,37H,7-10,12-15,19-21,23-26H2,1-6H3. The number of allylic oxidation sites excluding steroid dienone is 4. The first kappa shape index (κ1) is 29.9. The second-order valence-electron chi connectivity index (χ2n) is 13.1. The fourth-order valence-electron chi connectivity index (χ4n) is 7.77. The molecule has 206 valence electrons. The highest BCUT2D eigenvalue weighted by molar-refractivity contribution is 5.83. The lowest BCUT2D eigenvalue weighted by Crippen LogP contribution is -2.34. The number of hydrogen-bond donors (Lipinski definition) is 1. The van der Waals surface area contributed by atoms with Gasteiger partial charge in [0.05, 0.1) is 0 Å². The topological polar surface area (TPSA) is 23.9 Å². The Balaban J connectivity index is 1.65. The van der Waals surface area contributed by atoms with Crippen molar-refractivity contribution in [3.8, 4) is 0 Å². The maximum absolute atomic E-state index is 8.82. The van der Waals surface area contributed by atoms with Crippen LogP contribution >= 0.6 is 0 Å². The van der Waals surface area contributed by atoms with Crippen molar-refractivity contribution in [2.75, 3.05) is 0 Å². The van der Waals surface area contributed by atoms with Crippen LogP contribution < -0.4 is 0 Å². The Morgan fingerprint density at radius 2 is 1.86 bits per heavy atom. The molecule has 37 heavy (non-hydrogen) atoms. The fraction of sp³-hybridized carbons (Fsp3) is 0.694. The van der Waals surface area contributed by atoms with Gasteiger partial charge in [-0.2, -0.15) is 0 Å². The van der Waals surface area contributed by atoms with Crippen molar-refractivity contribution >= 4 is 5.71 Å². The Kier molecular flexibility index (Phi) is 11.7. The van der Waals surface area contributed by atoms with Crippen LogP contribution in [-0.2, 0) is 19.3 Å². The molecule has 1 fully saturated rings. The zero-order chi connectivity index (χ0) is 26.8. The second kappa shape index (κ2) is 14.5. The molecule has 0 spiro atoms. The molecular weight excluding hydrogens is 446 g/mol. The molecule has 0 radical (unpaired) electrons. The van der Waals surface area contributed by atoms with E-state index in [0.29, 0.717) is 11.3 Å². The third-order valence-electron chi connectivity index (χ3n) is 9.30. The quantitative estimate of drug-likeness (QED) is 0.244. The van der Waals surface area contributed by atoms with Crippen LogP contribution in [0.3, 0.4) is 0 Å². The molecule has 0 amide bonds. The van der Waals surface area contributed by atoms with E-state index in [9.17, 15) is 0 Å². The van der Waals surface area contributed by atoms with Crippen LogP contribution in [-0.4, -0.2) is 5.71 Å². The van der Waals surface area contributed by atoms with Gasteiger partial charge in [0.15, 0.2) is 0 Å². The van der Waals surface area contributed by atoms with Gasteiger partial charge in [-0.1, -0.05) is 89.8 Å². The molecule has 3 atom stereocenters. The summed E-state index contributed by atoms with van der Waals surface area (Å²) in [5.41, 5.74) is 9.07. The second-order valence-corrected chi connectivity index (χ2v) is 13.1. The van der Waals surface area contributed by atoms with E-state index in [1.165, 1.54) is 87.3 Å². The molecule has 3 unspecified atom stereocenters. The van der Waals surface area contributed by atoms with Gasteiger partial charge in [0.2, 0.25) is 0 Å². The Morgan fingerprint density at radius 3 is 2.54 bits per heavy atom. The van der Waals surface area contributed by atoms with E-state index in [1.807, 2.05) is 0 Å². The minimum absolute atomic E-state index is 0.476. The van der Waals surface area contributed by atoms with Crippen LogP contribution in [0.1, 0.15) is 135 Å². The van der Waals surface area contributed by atoms with Gasteiger partial charge >= 0.3 is 0 Å². The predicted molar refractivity (Wildman–Crippen MR) is 164 cm³/mol. The highest BCUT2D eigenvalue weighted by Gasteiger charge is 2.40. The molecule has 1 aromatic rings. The molecule has 1 nitrogen and oxygen atoms in total. The normalized spacial score (nSPS) is 24.2. The minimum Gasteiger partial charge on any atom is -0.309 e. The molecule has 2 aliphatic carbocycles. The summed E-state index contributed by atoms with van der Waals surface area (Å²) in [6.07, 6.45) is 23.5. The van der Waals surface area contributed by atoms with Gasteiger partial charge < -0.3 is 5.41 Å². The summed E-state index contributed by atoms with van der Waals surface area (Å²) in [7, 11) is 0. The van der Waals surface area contributed by atoms with Crippen LogP contribution in [0.5, 0.6) is 0 Å². The predicted octanol–water partition coefficient (Wildman–Crippen LogP) is 10.8. The van der Waals surface area contributed by atoms with Crippen molar-refractivity contribution in [3.05, 3.63) is 58.2 Å². The van der Waals surface area contributed by atoms with Gasteiger partial charge in [-0.15, -0.1) is 0 Å². The Bertz CT molecular complexity index is 932. The first-order chi connectivity index (χ1) is 17.8. The van der Waals surface area contributed by atoms with Crippen LogP contribution in [0.25, 0.3) is 0 Å². The first-order valence-corrected chi connectivity index (χ1v) is 15.8. The van der Waals surface area contributed by atoms with Gasteiger partial charge in [-0.25, -0.2) is 0 Å². The average Bonchev–Trinajstić information content (AvgIpc) is 2.85. The molecule has 1 saturated carbocycles. The van der Waals surface area contributed by atoms with E-state index in [1.54, 1.807) is 11.1 Å². The molecular formula is C36H57N. The number of rotatable bonds is 14. The monoisotopic (exact) mass is 503 g/mol. The van der Waals surface area contributed by atoms with Gasteiger partial charge in [0.25, 0.3) is 0 Å². The lowest BCUT2D eigenvalue weighted by Gasteiger charge is -2.46. The Labute approximate surface area is 230 Å². The van der Waals surface area contributed by atoms with Crippen LogP contribution in [0.2, 0.25) is 0 Å². The van der Waals surface area contributed by atoms with Crippen LogP contribution in [0, 0.1) is 28.6 Å². The van der Waals surface area contributed by atoms with Gasteiger partial charge in [-0.05, 0) is 123 Å². The summed E-state index contributed by atoms with van der Waals surface area (Å²) >= 11 is 0. The fourth-order valence-corrected chi connectivity index (χ4v) is 7.77. The van der Waals surface area contributed by atoms with Crippen molar-refractivity contribution in [2.24, 2.45) is 23.2 Å². The number of hydrogen-bond acceptors (Lipinski definition) is 1. The Hall–Kier alpha value is -1.63. The van der Waals surface area contributed by atoms with E-state index in [4.69, 9.17) is 5.41 Å². The molecule has 0 aromatic heterocycles. The van der Waals surface area contributed by atoms with Gasteiger partial charge in [0, 0.05) is 12.1 Å². The van der Waals surface area contributed by atoms with E-state index in [2.05, 4.69) is 71.9 Å². The van der Waals surface area contributed by atoms with Gasteiger partial charge in [-0.3, -0.25) is 0 Å². The summed E-state index contributed by atoms with van der Waals surface area (Å²) in [5.74, 6) is 2.32. The SMILES string of the molecule is CCCC1CC(C2=C(C)CCC=C2)CC(CCC)(CCCC(=N)Cc2ccc(CC(C)C)c(CC)c2)C1. The molecule has 1 N–H and O–H groups in total. The van der Waals surface area contributed by atoms with Crippen molar-refractivity contribution < 1.29 is 0 Å². The summed E-state index contributed by atoms with van der Waals surface area (Å²) < 4.78 is 0. The van der Waals surface area contributed by atoms with E-state index in [-0.39, 0.29) is 0 Å². The molecule has 0 bridgehead atoms. The smallest absolute Gasteiger partial charge is 0.0133 e. The van der Waals surface area contributed by atoms with Crippen molar-refractivity contribution in [3.63, 3.8) is 0 Å². The lowest BCUT2D eigenvalue weighted by atomic mass is 9.59. The summed E-state index contributed by atoms with van der Waals surface area (Å²) in [6.45, 7) is 14.0. The summed E-state index contributed by atoms with van der Waals surface area (Å²) in [4.78, 5) is 0. The third-order valence-corrected chi connectivity index (χ3v) is 9.30. The van der Waals surface area contributed by atoms with E-state index in [0.717, 1.165) is 43.2 Å². The van der Waals surface area contributed by atoms with Crippen LogP contribution in [0.15, 0.2) is 41.5 Å². The van der Waals surface area contributed by atoms with Crippen molar-refractivity contribution in [1.82, 2.24) is 0 Å². The maximum Gasteiger partial charge on any atom is 0.0133 e. The minimum atomic E-state index is 0.476. The van der Waals surface area contributed by atoms with Crippen LogP contribution in [0.4, 0.5) is 0 Å². The van der Waals surface area contributed by atoms with E-state index >= 15 is 0 Å². The zero-order valence-corrected chi connectivity index (χ0v) is 25.2. The molecule has 0 heterocycles. The largest absolute Gasteiger partial charge is 0.309 e. The third kappa shape index (κ3) is 8.69. The number of aryl methyl sites for hydroxylation is 1. The molecule has 2 aliphatic rings.